The molecule has 4 fully saturated rings. The van der Waals surface area contributed by atoms with E-state index in [2.05, 4.69) is 26.8 Å². The van der Waals surface area contributed by atoms with Gasteiger partial charge in [0.05, 0.1) is 6.10 Å². The molecule has 0 amide bonds. The lowest BCUT2D eigenvalue weighted by molar-refractivity contribution is -0.129. The Morgan fingerprint density at radius 3 is 2.64 bits per heavy atom. The van der Waals surface area contributed by atoms with Crippen molar-refractivity contribution in [2.75, 3.05) is 0 Å². The van der Waals surface area contributed by atoms with Crippen molar-refractivity contribution in [1.29, 1.82) is 0 Å². The lowest BCUT2D eigenvalue weighted by atomic mass is 9.44. The summed E-state index contributed by atoms with van der Waals surface area (Å²) in [6.45, 7) is 7.78. The molecule has 0 bridgehead atoms. The van der Waals surface area contributed by atoms with Gasteiger partial charge in [-0.05, 0) is 123 Å². The predicted octanol–water partition coefficient (Wildman–Crippen LogP) is 7.42. The van der Waals surface area contributed by atoms with Gasteiger partial charge >= 0.3 is 0 Å². The van der Waals surface area contributed by atoms with Crippen LogP contribution in [0.2, 0.25) is 0 Å². The summed E-state index contributed by atoms with van der Waals surface area (Å²) in [5, 5.41) is 10.3. The number of para-hydroxylation sites is 2. The first kappa shape index (κ1) is 22.1. The van der Waals surface area contributed by atoms with Gasteiger partial charge in [-0.15, -0.1) is 0 Å². The van der Waals surface area contributed by atoms with E-state index in [-0.39, 0.29) is 6.10 Å². The molecule has 1 aromatic heterocycles. The van der Waals surface area contributed by atoms with Gasteiger partial charge in [-0.2, -0.15) is 0 Å². The SMILES string of the molecule is CC(CCc1nc2ccccc2o1)C1CCC2C3CC[C@@H]4C[C@H](O)CC[C@]4(C)C3CC[C@]12C. The van der Waals surface area contributed by atoms with E-state index >= 15 is 0 Å². The van der Waals surface area contributed by atoms with Gasteiger partial charge in [0.1, 0.15) is 5.52 Å². The molecule has 5 unspecified atom stereocenters. The topological polar surface area (TPSA) is 46.3 Å². The Balaban J connectivity index is 1.15. The van der Waals surface area contributed by atoms with Crippen molar-refractivity contribution in [1.82, 2.24) is 4.98 Å². The highest BCUT2D eigenvalue weighted by Crippen LogP contribution is 2.68. The molecule has 0 spiro atoms. The van der Waals surface area contributed by atoms with Crippen LogP contribution in [0.3, 0.4) is 0 Å². The smallest absolute Gasteiger partial charge is 0.195 e. The van der Waals surface area contributed by atoms with Crippen LogP contribution >= 0.6 is 0 Å². The van der Waals surface area contributed by atoms with Gasteiger partial charge in [-0.1, -0.05) is 32.9 Å². The van der Waals surface area contributed by atoms with Gasteiger partial charge in [0.25, 0.3) is 0 Å². The number of hydrogen-bond donors (Lipinski definition) is 1. The van der Waals surface area contributed by atoms with Crippen molar-refractivity contribution in [3.63, 3.8) is 0 Å². The zero-order valence-electron chi connectivity index (χ0n) is 20.9. The fraction of sp³-hybridized carbons (Fsp3) is 0.767. The first-order valence-electron chi connectivity index (χ1n) is 13.9. The van der Waals surface area contributed by atoms with Crippen molar-refractivity contribution in [2.45, 2.75) is 97.5 Å². The number of aliphatic hydroxyl groups excluding tert-OH is 1. The van der Waals surface area contributed by atoms with Crippen molar-refractivity contribution in [3.05, 3.63) is 30.2 Å². The van der Waals surface area contributed by atoms with Crippen molar-refractivity contribution >= 4 is 11.1 Å². The Labute approximate surface area is 199 Å². The van der Waals surface area contributed by atoms with Crippen LogP contribution in [-0.4, -0.2) is 16.2 Å². The first-order chi connectivity index (χ1) is 15.9. The van der Waals surface area contributed by atoms with E-state index < -0.39 is 0 Å². The summed E-state index contributed by atoms with van der Waals surface area (Å²) in [5.41, 5.74) is 2.91. The normalized spacial score (nSPS) is 43.6. The van der Waals surface area contributed by atoms with Crippen LogP contribution in [0, 0.1) is 46.3 Å². The summed E-state index contributed by atoms with van der Waals surface area (Å²) < 4.78 is 6.02. The number of nitrogens with zero attached hydrogens (tertiary/aromatic N) is 1. The first-order valence-corrected chi connectivity index (χ1v) is 13.9. The quantitative estimate of drug-likeness (QED) is 0.528. The zero-order valence-corrected chi connectivity index (χ0v) is 20.9. The maximum atomic E-state index is 10.3. The van der Waals surface area contributed by atoms with E-state index in [1.807, 2.05) is 18.2 Å². The van der Waals surface area contributed by atoms with Crippen LogP contribution in [0.4, 0.5) is 0 Å². The second-order valence-electron chi connectivity index (χ2n) is 12.9. The summed E-state index contributed by atoms with van der Waals surface area (Å²) in [4.78, 5) is 4.73. The molecule has 2 aromatic rings. The maximum absolute atomic E-state index is 10.3. The highest BCUT2D eigenvalue weighted by Gasteiger charge is 2.60. The molecular weight excluding hydrogens is 406 g/mol. The standard InChI is InChI=1S/C30H43NO2/c1-19(8-13-28-31-26-6-4-5-7-27(26)33-28)23-11-12-24-22-10-9-20-18-21(32)14-16-29(20,2)25(22)15-17-30(23,24)3/h4-7,19-25,32H,8-18H2,1-3H3/t19?,20-,21-,22?,23?,24?,25?,29+,30-/m1/s1. The lowest BCUT2D eigenvalue weighted by Gasteiger charge is -2.61. The van der Waals surface area contributed by atoms with Gasteiger partial charge < -0.3 is 9.52 Å². The maximum Gasteiger partial charge on any atom is 0.195 e. The largest absolute Gasteiger partial charge is 0.441 e. The van der Waals surface area contributed by atoms with Gasteiger partial charge in [0.15, 0.2) is 11.5 Å². The molecule has 1 heterocycles. The Bertz CT molecular complexity index is 965. The predicted molar refractivity (Wildman–Crippen MR) is 133 cm³/mol. The van der Waals surface area contributed by atoms with Crippen LogP contribution in [-0.2, 0) is 6.42 Å². The van der Waals surface area contributed by atoms with E-state index in [0.717, 1.165) is 71.8 Å². The third kappa shape index (κ3) is 3.51. The lowest BCUT2D eigenvalue weighted by Crippen LogP contribution is -2.54. The Morgan fingerprint density at radius 2 is 1.79 bits per heavy atom. The molecule has 0 aliphatic heterocycles. The van der Waals surface area contributed by atoms with Crippen LogP contribution < -0.4 is 0 Å². The highest BCUT2D eigenvalue weighted by atomic mass is 16.3. The molecule has 3 heteroatoms. The summed E-state index contributed by atoms with van der Waals surface area (Å²) in [5.74, 6) is 5.98. The summed E-state index contributed by atoms with van der Waals surface area (Å²) in [6, 6.07) is 8.14. The summed E-state index contributed by atoms with van der Waals surface area (Å²) >= 11 is 0. The minimum Gasteiger partial charge on any atom is -0.441 e. The summed E-state index contributed by atoms with van der Waals surface area (Å²) in [7, 11) is 0. The molecule has 1 N–H and O–H groups in total. The second-order valence-corrected chi connectivity index (χ2v) is 12.9. The minimum absolute atomic E-state index is 0.0357. The molecule has 4 saturated carbocycles. The summed E-state index contributed by atoms with van der Waals surface area (Å²) in [6.07, 6.45) is 14.0. The van der Waals surface area contributed by atoms with Crippen LogP contribution in [0.15, 0.2) is 28.7 Å². The van der Waals surface area contributed by atoms with Crippen molar-refractivity contribution < 1.29 is 9.52 Å². The van der Waals surface area contributed by atoms with Gasteiger partial charge in [0, 0.05) is 6.42 Å². The fourth-order valence-corrected chi connectivity index (χ4v) is 9.79. The van der Waals surface area contributed by atoms with Gasteiger partial charge in [-0.3, -0.25) is 0 Å². The number of oxazole rings is 1. The van der Waals surface area contributed by atoms with Crippen LogP contribution in [0.5, 0.6) is 0 Å². The number of aliphatic hydroxyl groups is 1. The van der Waals surface area contributed by atoms with Crippen LogP contribution in [0.25, 0.3) is 11.1 Å². The Morgan fingerprint density at radius 1 is 1.00 bits per heavy atom. The molecular formula is C30H43NO2. The molecule has 33 heavy (non-hydrogen) atoms. The second kappa shape index (κ2) is 8.11. The van der Waals surface area contributed by atoms with Crippen LogP contribution in [0.1, 0.15) is 90.9 Å². The molecule has 1 aromatic carbocycles. The molecule has 4 aliphatic carbocycles. The Hall–Kier alpha value is -1.35. The van der Waals surface area contributed by atoms with E-state index in [1.165, 1.54) is 51.4 Å². The monoisotopic (exact) mass is 449 g/mol. The fourth-order valence-electron chi connectivity index (χ4n) is 9.79. The van der Waals surface area contributed by atoms with Crippen molar-refractivity contribution in [2.24, 2.45) is 46.3 Å². The van der Waals surface area contributed by atoms with E-state index in [9.17, 15) is 5.11 Å². The Kier molecular flexibility index (Phi) is 5.44. The number of benzene rings is 1. The number of rotatable bonds is 4. The molecule has 180 valence electrons. The number of aryl methyl sites for hydroxylation is 1. The molecule has 9 atom stereocenters. The molecule has 6 rings (SSSR count). The third-order valence-corrected chi connectivity index (χ3v) is 11.6. The van der Waals surface area contributed by atoms with Crippen molar-refractivity contribution in [3.8, 4) is 0 Å². The molecule has 0 saturated heterocycles. The number of hydrogen-bond acceptors (Lipinski definition) is 3. The average Bonchev–Trinajstić information content (AvgIpc) is 3.38. The minimum atomic E-state index is -0.0357. The molecule has 3 nitrogen and oxygen atoms in total. The average molecular weight is 450 g/mol. The van der Waals surface area contributed by atoms with E-state index in [0.29, 0.717) is 10.8 Å². The third-order valence-electron chi connectivity index (χ3n) is 11.6. The number of fused-ring (bicyclic) bond motifs is 6. The van der Waals surface area contributed by atoms with E-state index in [4.69, 9.17) is 9.40 Å². The van der Waals surface area contributed by atoms with Gasteiger partial charge in [0.2, 0.25) is 0 Å². The highest BCUT2D eigenvalue weighted by molar-refractivity contribution is 5.72. The molecule has 0 radical (unpaired) electrons. The van der Waals surface area contributed by atoms with E-state index in [1.54, 1.807) is 0 Å². The number of aromatic nitrogens is 1. The zero-order chi connectivity index (χ0) is 22.8. The molecule has 4 aliphatic rings. The van der Waals surface area contributed by atoms with Gasteiger partial charge in [-0.25, -0.2) is 4.98 Å².